The highest BCUT2D eigenvalue weighted by Crippen LogP contribution is 2.53. The Morgan fingerprint density at radius 1 is 1.30 bits per heavy atom. The van der Waals surface area contributed by atoms with E-state index in [-0.39, 0.29) is 29.2 Å². The minimum Gasteiger partial charge on any atom is -0.327 e. The largest absolute Gasteiger partial charge is 0.327 e. The van der Waals surface area contributed by atoms with Crippen LogP contribution in [0.25, 0.3) is 0 Å². The molecular weight excluding hydrogens is 305 g/mol. The smallest absolute Gasteiger partial charge is 0.254 e. The van der Waals surface area contributed by atoms with Gasteiger partial charge >= 0.3 is 0 Å². The Hall–Kier alpha value is -0.880. The molecule has 1 saturated carbocycles. The number of nitrogens with one attached hydrogen (secondary N) is 1. The first kappa shape index (κ1) is 14.1. The fraction of sp³-hybridized carbons (Fsp3) is 0.615. The Balaban J connectivity index is 2.06. The molecule has 1 atom stereocenters. The van der Waals surface area contributed by atoms with E-state index in [2.05, 4.69) is 4.98 Å². The topological polar surface area (TPSA) is 67.0 Å². The summed E-state index contributed by atoms with van der Waals surface area (Å²) in [6, 6.07) is 1.31. The molecule has 1 N–H and O–H groups in total. The van der Waals surface area contributed by atoms with Crippen LogP contribution in [0, 0.1) is 0 Å². The fourth-order valence-corrected chi connectivity index (χ4v) is 5.85. The molecular formula is C13H15ClFNO3S. The molecule has 4 nitrogen and oxygen atoms in total. The van der Waals surface area contributed by atoms with Crippen molar-refractivity contribution in [1.29, 1.82) is 0 Å². The Labute approximate surface area is 121 Å². The number of sulfone groups is 1. The van der Waals surface area contributed by atoms with Crippen molar-refractivity contribution in [3.8, 4) is 0 Å². The first-order chi connectivity index (χ1) is 9.28. The van der Waals surface area contributed by atoms with Gasteiger partial charge in [-0.2, -0.15) is 0 Å². The Morgan fingerprint density at radius 2 is 2.00 bits per heavy atom. The Kier molecular flexibility index (Phi) is 3.03. The number of aromatic amines is 1. The summed E-state index contributed by atoms with van der Waals surface area (Å²) in [6.07, 6.45) is 2.75. The van der Waals surface area contributed by atoms with Crippen LogP contribution in [-0.2, 0) is 15.5 Å². The minimum absolute atomic E-state index is 0.0498. The van der Waals surface area contributed by atoms with Gasteiger partial charge < -0.3 is 4.98 Å². The van der Waals surface area contributed by atoms with Crippen LogP contribution >= 0.6 is 11.6 Å². The van der Waals surface area contributed by atoms with Crippen molar-refractivity contribution in [2.45, 2.75) is 42.5 Å². The Bertz CT molecular complexity index is 711. The summed E-state index contributed by atoms with van der Waals surface area (Å²) in [5, 5.41) is 0.243. The van der Waals surface area contributed by atoms with Crippen molar-refractivity contribution in [2.24, 2.45) is 0 Å². The molecule has 0 bridgehead atoms. The quantitative estimate of drug-likeness (QED) is 0.864. The van der Waals surface area contributed by atoms with Gasteiger partial charge in [0.05, 0.1) is 21.1 Å². The lowest BCUT2D eigenvalue weighted by Gasteiger charge is -2.48. The maximum atomic E-state index is 15.3. The van der Waals surface area contributed by atoms with E-state index in [0.29, 0.717) is 12.8 Å². The van der Waals surface area contributed by atoms with Crippen molar-refractivity contribution in [3.63, 3.8) is 0 Å². The molecule has 0 aromatic carbocycles. The number of hydrogen-bond acceptors (Lipinski definition) is 3. The zero-order chi connectivity index (χ0) is 14.6. The van der Waals surface area contributed by atoms with E-state index in [1.807, 2.05) is 0 Å². The lowest BCUT2D eigenvalue weighted by Crippen LogP contribution is -2.55. The van der Waals surface area contributed by atoms with E-state index < -0.39 is 25.8 Å². The van der Waals surface area contributed by atoms with E-state index in [0.717, 1.165) is 6.42 Å². The molecule has 1 aromatic heterocycles. The van der Waals surface area contributed by atoms with Crippen molar-refractivity contribution in [2.75, 3.05) is 5.75 Å². The van der Waals surface area contributed by atoms with Crippen molar-refractivity contribution in [3.05, 3.63) is 33.2 Å². The molecule has 1 aliphatic carbocycles. The summed E-state index contributed by atoms with van der Waals surface area (Å²) >= 11 is 5.82. The van der Waals surface area contributed by atoms with Gasteiger partial charge in [-0.3, -0.25) is 4.79 Å². The van der Waals surface area contributed by atoms with Gasteiger partial charge in [-0.25, -0.2) is 12.8 Å². The van der Waals surface area contributed by atoms with Gasteiger partial charge in [-0.15, -0.1) is 0 Å². The standard InChI is InChI=1S/C13H15ClFNO3S/c14-9-6-10(11(17)16-7-9)13(15)4-5-20(18,19)12(8-13)2-1-3-12/h6-7H,1-5,8H2,(H,16,17)/t13-/m0/s1. The molecule has 2 fully saturated rings. The average Bonchev–Trinajstić information content (AvgIpc) is 2.33. The van der Waals surface area contributed by atoms with Crippen LogP contribution in [0.2, 0.25) is 5.02 Å². The average molecular weight is 320 g/mol. The maximum Gasteiger partial charge on any atom is 0.254 e. The molecule has 7 heteroatoms. The number of hydrogen-bond donors (Lipinski definition) is 1. The molecule has 1 aliphatic heterocycles. The molecule has 1 saturated heterocycles. The SMILES string of the molecule is O=c1[nH]cc(Cl)cc1[C@]1(F)CCS(=O)(=O)C2(CCC2)C1. The number of aromatic nitrogens is 1. The van der Waals surface area contributed by atoms with Crippen LogP contribution in [0.15, 0.2) is 17.1 Å². The number of pyridine rings is 1. The summed E-state index contributed by atoms with van der Waals surface area (Å²) in [7, 11) is -3.27. The van der Waals surface area contributed by atoms with Crippen LogP contribution in [0.4, 0.5) is 4.39 Å². The van der Waals surface area contributed by atoms with Crippen LogP contribution in [0.5, 0.6) is 0 Å². The van der Waals surface area contributed by atoms with Gasteiger partial charge in [0.1, 0.15) is 5.67 Å². The summed E-state index contributed by atoms with van der Waals surface area (Å²) in [4.78, 5) is 14.2. The zero-order valence-corrected chi connectivity index (χ0v) is 12.4. The number of alkyl halides is 1. The van der Waals surface area contributed by atoms with E-state index >= 15 is 4.39 Å². The van der Waals surface area contributed by atoms with E-state index in [1.54, 1.807) is 0 Å². The third-order valence-electron chi connectivity index (χ3n) is 4.64. The second-order valence-corrected chi connectivity index (χ2v) is 8.75. The summed E-state index contributed by atoms with van der Waals surface area (Å²) in [5.74, 6) is -0.213. The second kappa shape index (κ2) is 4.31. The zero-order valence-electron chi connectivity index (χ0n) is 10.8. The summed E-state index contributed by atoms with van der Waals surface area (Å²) in [5.41, 5.74) is -2.50. The van der Waals surface area contributed by atoms with Gasteiger partial charge in [0, 0.05) is 12.6 Å². The van der Waals surface area contributed by atoms with Crippen LogP contribution < -0.4 is 5.56 Å². The highest BCUT2D eigenvalue weighted by molar-refractivity contribution is 7.92. The third-order valence-corrected chi connectivity index (χ3v) is 7.48. The highest BCUT2D eigenvalue weighted by atomic mass is 35.5. The Morgan fingerprint density at radius 3 is 2.60 bits per heavy atom. The lowest BCUT2D eigenvalue weighted by molar-refractivity contribution is 0.0892. The van der Waals surface area contributed by atoms with Gasteiger partial charge in [-0.05, 0) is 25.3 Å². The van der Waals surface area contributed by atoms with Crippen LogP contribution in [0.1, 0.15) is 37.7 Å². The molecule has 1 spiro atoms. The molecule has 3 rings (SSSR count). The van der Waals surface area contributed by atoms with Gasteiger partial charge in [0.15, 0.2) is 9.84 Å². The van der Waals surface area contributed by atoms with Crippen molar-refractivity contribution in [1.82, 2.24) is 4.98 Å². The summed E-state index contributed by atoms with van der Waals surface area (Å²) in [6.45, 7) is 0. The van der Waals surface area contributed by atoms with E-state index in [9.17, 15) is 13.2 Å². The van der Waals surface area contributed by atoms with Crippen LogP contribution in [-0.4, -0.2) is 23.9 Å². The molecule has 0 amide bonds. The number of rotatable bonds is 1. The predicted octanol–water partition coefficient (Wildman–Crippen LogP) is 2.32. The van der Waals surface area contributed by atoms with Gasteiger partial charge in [-0.1, -0.05) is 18.0 Å². The molecule has 20 heavy (non-hydrogen) atoms. The van der Waals surface area contributed by atoms with E-state index in [4.69, 9.17) is 11.6 Å². The molecule has 2 aliphatic rings. The lowest BCUT2D eigenvalue weighted by atomic mass is 9.73. The highest BCUT2D eigenvalue weighted by Gasteiger charge is 2.58. The van der Waals surface area contributed by atoms with E-state index in [1.165, 1.54) is 12.3 Å². The second-order valence-electron chi connectivity index (χ2n) is 5.81. The first-order valence-electron chi connectivity index (χ1n) is 6.58. The minimum atomic E-state index is -3.27. The molecule has 110 valence electrons. The third kappa shape index (κ3) is 1.92. The number of H-pyrrole nitrogens is 1. The van der Waals surface area contributed by atoms with Crippen LogP contribution in [0.3, 0.4) is 0 Å². The molecule has 2 heterocycles. The molecule has 0 unspecified atom stereocenters. The molecule has 1 aromatic rings. The fourth-order valence-electron chi connectivity index (χ4n) is 3.30. The van der Waals surface area contributed by atoms with Crippen molar-refractivity contribution >= 4 is 21.4 Å². The predicted molar refractivity (Wildman–Crippen MR) is 74.5 cm³/mol. The molecule has 0 radical (unpaired) electrons. The summed E-state index contributed by atoms with van der Waals surface area (Å²) < 4.78 is 38.6. The maximum absolute atomic E-state index is 15.3. The number of halogens is 2. The first-order valence-corrected chi connectivity index (χ1v) is 8.61. The normalized spacial score (nSPS) is 30.9. The monoisotopic (exact) mass is 319 g/mol. The van der Waals surface area contributed by atoms with Gasteiger partial charge in [0.25, 0.3) is 5.56 Å². The van der Waals surface area contributed by atoms with Gasteiger partial charge in [0.2, 0.25) is 0 Å². The van der Waals surface area contributed by atoms with Crippen molar-refractivity contribution < 1.29 is 12.8 Å².